The molecule has 4 aromatic rings. The first-order valence-electron chi connectivity index (χ1n) is 14.2. The number of furan rings is 1. The molecule has 9 heteroatoms. The maximum Gasteiger partial charge on any atom is 0.267 e. The minimum absolute atomic E-state index is 0.0589. The Bertz CT molecular complexity index is 1700. The van der Waals surface area contributed by atoms with Crippen molar-refractivity contribution in [3.8, 4) is 5.75 Å². The first-order chi connectivity index (χ1) is 21.2. The van der Waals surface area contributed by atoms with Crippen LogP contribution < -0.4 is 10.1 Å². The van der Waals surface area contributed by atoms with Crippen molar-refractivity contribution in [3.63, 3.8) is 0 Å². The molecule has 0 spiro atoms. The second-order valence-electron chi connectivity index (χ2n) is 11.3. The number of amidine groups is 1. The van der Waals surface area contributed by atoms with E-state index in [1.54, 1.807) is 30.7 Å². The molecule has 5 rings (SSSR count). The number of nitrogens with zero attached hydrogens (tertiary/aromatic N) is 3. The Kier molecular flexibility index (Phi) is 9.45. The first-order valence-corrected chi connectivity index (χ1v) is 15.0. The molecular weight excluding hydrogens is 572 g/mol. The maximum absolute atomic E-state index is 13.6. The SMILES string of the molecule is Cc1ccc(NC(=O)COc2ccccc2/C=C2\S/C(=N/N=C\c3ccc(C(C)(C)C)cc3)N(Cc3ccco3)C2=O)cc1. The highest BCUT2D eigenvalue weighted by Crippen LogP contribution is 2.35. The molecule has 1 aliphatic heterocycles. The lowest BCUT2D eigenvalue weighted by atomic mass is 9.87. The van der Waals surface area contributed by atoms with Crippen molar-refractivity contribution in [1.82, 2.24) is 4.90 Å². The molecular formula is C35H34N4O4S. The van der Waals surface area contributed by atoms with Gasteiger partial charge >= 0.3 is 0 Å². The quantitative estimate of drug-likeness (QED) is 0.122. The van der Waals surface area contributed by atoms with E-state index in [0.29, 0.717) is 32.8 Å². The van der Waals surface area contributed by atoms with E-state index >= 15 is 0 Å². The van der Waals surface area contributed by atoms with Gasteiger partial charge in [0.15, 0.2) is 11.8 Å². The third-order valence-electron chi connectivity index (χ3n) is 6.81. The highest BCUT2D eigenvalue weighted by Gasteiger charge is 2.34. The summed E-state index contributed by atoms with van der Waals surface area (Å²) in [4.78, 5) is 28.1. The number of para-hydroxylation sites is 1. The van der Waals surface area contributed by atoms with Crippen molar-refractivity contribution in [1.29, 1.82) is 0 Å². The summed E-state index contributed by atoms with van der Waals surface area (Å²) in [5.41, 5.74) is 4.66. The Hall–Kier alpha value is -4.89. The van der Waals surface area contributed by atoms with Crippen LogP contribution in [0.1, 0.15) is 48.8 Å². The van der Waals surface area contributed by atoms with E-state index in [1.165, 1.54) is 22.2 Å². The first kappa shape index (κ1) is 30.6. The third-order valence-corrected chi connectivity index (χ3v) is 7.81. The monoisotopic (exact) mass is 606 g/mol. The number of ether oxygens (including phenoxy) is 1. The molecule has 0 aliphatic carbocycles. The zero-order valence-corrected chi connectivity index (χ0v) is 25.9. The molecule has 224 valence electrons. The van der Waals surface area contributed by atoms with Gasteiger partial charge in [-0.25, -0.2) is 0 Å². The van der Waals surface area contributed by atoms with Crippen LogP contribution in [-0.2, 0) is 21.5 Å². The number of benzene rings is 3. The van der Waals surface area contributed by atoms with Gasteiger partial charge in [-0.3, -0.25) is 14.5 Å². The van der Waals surface area contributed by atoms with Gasteiger partial charge in [-0.2, -0.15) is 5.10 Å². The number of amides is 2. The molecule has 44 heavy (non-hydrogen) atoms. The molecule has 2 amide bonds. The average molecular weight is 607 g/mol. The summed E-state index contributed by atoms with van der Waals surface area (Å²) in [6.07, 6.45) is 4.98. The molecule has 1 saturated heterocycles. The highest BCUT2D eigenvalue weighted by atomic mass is 32.2. The van der Waals surface area contributed by atoms with Crippen LogP contribution in [0.3, 0.4) is 0 Å². The molecule has 0 bridgehead atoms. The Morgan fingerprint density at radius 1 is 1.00 bits per heavy atom. The number of rotatable bonds is 9. The van der Waals surface area contributed by atoms with E-state index in [-0.39, 0.29) is 30.4 Å². The van der Waals surface area contributed by atoms with Gasteiger partial charge in [0.25, 0.3) is 11.8 Å². The van der Waals surface area contributed by atoms with Gasteiger partial charge in [-0.1, -0.05) is 80.9 Å². The standard InChI is InChI=1S/C35H34N4O4S/c1-24-11-17-28(18-12-24)37-32(40)23-43-30-10-6-5-8-26(30)20-31-33(41)39(22-29-9-7-19-42-29)34(44-31)38-36-21-25-13-15-27(16-14-25)35(2,3)4/h5-21H,22-23H2,1-4H3,(H,37,40)/b31-20-,36-21-,38-34+. The minimum atomic E-state index is -0.285. The van der Waals surface area contributed by atoms with Crippen molar-refractivity contribution in [2.75, 3.05) is 11.9 Å². The van der Waals surface area contributed by atoms with Crippen LogP contribution in [0.15, 0.2) is 111 Å². The van der Waals surface area contributed by atoms with Gasteiger partial charge in [-0.15, -0.1) is 5.10 Å². The van der Waals surface area contributed by atoms with Crippen molar-refractivity contribution >= 4 is 46.7 Å². The number of carbonyl (C=O) groups excluding carboxylic acids is 2. The summed E-state index contributed by atoms with van der Waals surface area (Å²) in [5.74, 6) is 0.583. The molecule has 1 N–H and O–H groups in total. The predicted octanol–water partition coefficient (Wildman–Crippen LogP) is 7.41. The lowest BCUT2D eigenvalue weighted by molar-refractivity contribution is -0.122. The van der Waals surface area contributed by atoms with Crippen LogP contribution in [0.25, 0.3) is 6.08 Å². The summed E-state index contributed by atoms with van der Waals surface area (Å²) < 4.78 is 11.4. The average Bonchev–Trinajstić information content (AvgIpc) is 3.62. The molecule has 0 saturated carbocycles. The third kappa shape index (κ3) is 7.93. The minimum Gasteiger partial charge on any atom is -0.483 e. The van der Waals surface area contributed by atoms with Crippen LogP contribution in [0, 0.1) is 6.92 Å². The van der Waals surface area contributed by atoms with Gasteiger partial charge in [0.1, 0.15) is 11.5 Å². The molecule has 1 aromatic heterocycles. The topological polar surface area (TPSA) is 96.5 Å². The van der Waals surface area contributed by atoms with E-state index in [0.717, 1.165) is 11.1 Å². The number of thioether (sulfide) groups is 1. The van der Waals surface area contributed by atoms with E-state index in [9.17, 15) is 9.59 Å². The Balaban J connectivity index is 1.33. The van der Waals surface area contributed by atoms with Crippen LogP contribution in [0.4, 0.5) is 5.69 Å². The lowest BCUT2D eigenvalue weighted by Crippen LogP contribution is -2.28. The summed E-state index contributed by atoms with van der Waals surface area (Å²) in [5, 5.41) is 12.0. The van der Waals surface area contributed by atoms with Gasteiger partial charge in [0, 0.05) is 11.3 Å². The smallest absolute Gasteiger partial charge is 0.267 e. The highest BCUT2D eigenvalue weighted by molar-refractivity contribution is 8.18. The molecule has 0 radical (unpaired) electrons. The Morgan fingerprint density at radius 3 is 2.45 bits per heavy atom. The number of carbonyl (C=O) groups is 2. The van der Waals surface area contributed by atoms with Gasteiger partial charge in [0.2, 0.25) is 0 Å². The molecule has 2 heterocycles. The molecule has 0 atom stereocenters. The lowest BCUT2D eigenvalue weighted by Gasteiger charge is -2.18. The Labute approximate surface area is 261 Å². The summed E-state index contributed by atoms with van der Waals surface area (Å²) >= 11 is 1.22. The summed E-state index contributed by atoms with van der Waals surface area (Å²) in [6, 6.07) is 26.5. The van der Waals surface area contributed by atoms with E-state index < -0.39 is 0 Å². The summed E-state index contributed by atoms with van der Waals surface area (Å²) in [7, 11) is 0. The Morgan fingerprint density at radius 2 is 1.75 bits per heavy atom. The number of anilines is 1. The van der Waals surface area contributed by atoms with Crippen molar-refractivity contribution in [2.24, 2.45) is 10.2 Å². The van der Waals surface area contributed by atoms with Crippen molar-refractivity contribution in [2.45, 2.75) is 39.7 Å². The molecule has 3 aromatic carbocycles. The normalized spacial score (nSPS) is 15.5. The second-order valence-corrected chi connectivity index (χ2v) is 12.3. The van der Waals surface area contributed by atoms with Crippen LogP contribution in [-0.4, -0.2) is 34.7 Å². The molecule has 1 fully saturated rings. The predicted molar refractivity (Wildman–Crippen MR) is 177 cm³/mol. The van der Waals surface area contributed by atoms with Crippen LogP contribution in [0.5, 0.6) is 5.75 Å². The van der Waals surface area contributed by atoms with E-state index in [1.807, 2.05) is 67.6 Å². The fraction of sp³-hybridized carbons (Fsp3) is 0.200. The second kappa shape index (κ2) is 13.6. The van der Waals surface area contributed by atoms with E-state index in [4.69, 9.17) is 9.15 Å². The number of hydrogen-bond donors (Lipinski definition) is 1. The number of hydrogen-bond acceptors (Lipinski definition) is 7. The van der Waals surface area contributed by atoms with Crippen LogP contribution >= 0.6 is 11.8 Å². The van der Waals surface area contributed by atoms with Gasteiger partial charge in [-0.05, 0) is 71.6 Å². The fourth-order valence-electron chi connectivity index (χ4n) is 4.34. The van der Waals surface area contributed by atoms with Gasteiger partial charge in [0.05, 0.1) is 23.9 Å². The zero-order chi connectivity index (χ0) is 31.1. The zero-order valence-electron chi connectivity index (χ0n) is 25.1. The molecule has 8 nitrogen and oxygen atoms in total. The number of nitrogens with one attached hydrogen (secondary N) is 1. The number of aryl methyl sites for hydroxylation is 1. The largest absolute Gasteiger partial charge is 0.483 e. The fourth-order valence-corrected chi connectivity index (χ4v) is 5.27. The van der Waals surface area contributed by atoms with Crippen LogP contribution in [0.2, 0.25) is 0 Å². The molecule has 0 unspecified atom stereocenters. The summed E-state index contributed by atoms with van der Waals surface area (Å²) in [6.45, 7) is 8.52. The maximum atomic E-state index is 13.6. The van der Waals surface area contributed by atoms with Crippen molar-refractivity contribution < 1.29 is 18.7 Å². The van der Waals surface area contributed by atoms with Crippen molar-refractivity contribution in [3.05, 3.63) is 124 Å². The molecule has 1 aliphatic rings. The van der Waals surface area contributed by atoms with E-state index in [2.05, 4.69) is 48.4 Å². The van der Waals surface area contributed by atoms with Gasteiger partial charge < -0.3 is 14.5 Å².